The number of hydrogen-bond donors (Lipinski definition) is 2. The molecule has 0 saturated carbocycles. The van der Waals surface area contributed by atoms with Gasteiger partial charge in [0.25, 0.3) is 0 Å². The van der Waals surface area contributed by atoms with E-state index in [2.05, 4.69) is 5.32 Å². The summed E-state index contributed by atoms with van der Waals surface area (Å²) in [6.45, 7) is 1.23. The van der Waals surface area contributed by atoms with E-state index in [0.717, 1.165) is 0 Å². The maximum Gasteiger partial charge on any atom is 0.320 e. The van der Waals surface area contributed by atoms with Gasteiger partial charge in [-0.3, -0.25) is 14.5 Å². The minimum absolute atomic E-state index is 0.0185. The first-order valence-electron chi connectivity index (χ1n) is 4.46. The lowest BCUT2D eigenvalue weighted by atomic mass is 10.2. The van der Waals surface area contributed by atoms with E-state index in [1.807, 2.05) is 0 Å². The summed E-state index contributed by atoms with van der Waals surface area (Å²) in [5.41, 5.74) is 0. The van der Waals surface area contributed by atoms with Crippen molar-refractivity contribution in [2.24, 2.45) is 0 Å². The molecular weight excluding hydrogens is 172 g/mol. The van der Waals surface area contributed by atoms with Crippen LogP contribution < -0.4 is 5.32 Å². The molecule has 2 aliphatic heterocycles. The van der Waals surface area contributed by atoms with Crippen LogP contribution in [0.1, 0.15) is 12.8 Å². The number of fused-ring (bicyclic) bond motifs is 1. The van der Waals surface area contributed by atoms with Gasteiger partial charge in [0, 0.05) is 13.1 Å². The van der Waals surface area contributed by atoms with Gasteiger partial charge in [-0.05, 0) is 12.8 Å². The fourth-order valence-electron chi connectivity index (χ4n) is 2.15. The minimum atomic E-state index is -0.808. The number of carbonyl (C=O) groups excluding carboxylic acids is 1. The zero-order chi connectivity index (χ0) is 9.42. The van der Waals surface area contributed by atoms with Crippen LogP contribution >= 0.6 is 0 Å². The van der Waals surface area contributed by atoms with E-state index in [-0.39, 0.29) is 11.9 Å². The number of hydrogen-bond acceptors (Lipinski definition) is 3. The predicted molar refractivity (Wildman–Crippen MR) is 44.2 cm³/mol. The Morgan fingerprint density at radius 3 is 3.00 bits per heavy atom. The largest absolute Gasteiger partial charge is 0.480 e. The third-order valence-electron chi connectivity index (χ3n) is 2.77. The molecule has 2 saturated heterocycles. The molecule has 0 spiro atoms. The second-order valence-corrected chi connectivity index (χ2v) is 3.48. The van der Waals surface area contributed by atoms with Gasteiger partial charge in [0.1, 0.15) is 6.04 Å². The Morgan fingerprint density at radius 2 is 2.31 bits per heavy atom. The summed E-state index contributed by atoms with van der Waals surface area (Å²) in [7, 11) is 0. The zero-order valence-electron chi connectivity index (χ0n) is 7.19. The highest BCUT2D eigenvalue weighted by Gasteiger charge is 2.42. The topological polar surface area (TPSA) is 69.6 Å². The minimum Gasteiger partial charge on any atom is -0.480 e. The summed E-state index contributed by atoms with van der Waals surface area (Å²) >= 11 is 0. The molecule has 0 aromatic carbocycles. The molecule has 5 nitrogen and oxygen atoms in total. The number of nitrogens with one attached hydrogen (secondary N) is 1. The third-order valence-corrected chi connectivity index (χ3v) is 2.77. The monoisotopic (exact) mass is 184 g/mol. The van der Waals surface area contributed by atoms with Gasteiger partial charge >= 0.3 is 5.97 Å². The van der Waals surface area contributed by atoms with Gasteiger partial charge in [-0.25, -0.2) is 0 Å². The molecule has 2 N–H and O–H groups in total. The summed E-state index contributed by atoms with van der Waals surface area (Å²) in [6.07, 6.45) is 1.26. The van der Waals surface area contributed by atoms with Crippen molar-refractivity contribution in [2.45, 2.75) is 24.9 Å². The van der Waals surface area contributed by atoms with Crippen molar-refractivity contribution in [1.29, 1.82) is 0 Å². The molecule has 2 aliphatic rings. The van der Waals surface area contributed by atoms with E-state index in [0.29, 0.717) is 25.9 Å². The standard InChI is InChI=1S/C8H12N2O3/c11-7-5-1-2-6(8(12)13)10(5)4-3-9-7/h5-6H,1-4H2,(H,9,11)(H,12,13). The Kier molecular flexibility index (Phi) is 1.95. The van der Waals surface area contributed by atoms with Gasteiger partial charge in [0.05, 0.1) is 6.04 Å². The Morgan fingerprint density at radius 1 is 1.54 bits per heavy atom. The number of rotatable bonds is 1. The summed E-state index contributed by atoms with van der Waals surface area (Å²) in [5, 5.41) is 11.6. The molecule has 72 valence electrons. The van der Waals surface area contributed by atoms with Crippen LogP contribution in [0.5, 0.6) is 0 Å². The molecule has 0 aliphatic carbocycles. The van der Waals surface area contributed by atoms with Crippen molar-refractivity contribution in [3.63, 3.8) is 0 Å². The van der Waals surface area contributed by atoms with Crippen molar-refractivity contribution >= 4 is 11.9 Å². The van der Waals surface area contributed by atoms with Crippen molar-refractivity contribution < 1.29 is 14.7 Å². The third kappa shape index (κ3) is 1.29. The number of aliphatic carboxylic acids is 1. The van der Waals surface area contributed by atoms with Gasteiger partial charge in [0.2, 0.25) is 5.91 Å². The Labute approximate surface area is 75.7 Å². The summed E-state index contributed by atoms with van der Waals surface area (Å²) in [6, 6.07) is -0.647. The van der Waals surface area contributed by atoms with Crippen molar-refractivity contribution in [2.75, 3.05) is 13.1 Å². The molecule has 13 heavy (non-hydrogen) atoms. The van der Waals surface area contributed by atoms with Crippen molar-refractivity contribution in [3.05, 3.63) is 0 Å². The molecule has 0 aromatic rings. The predicted octanol–water partition coefficient (Wildman–Crippen LogP) is -0.966. The highest BCUT2D eigenvalue weighted by atomic mass is 16.4. The molecule has 2 unspecified atom stereocenters. The number of carboxylic acid groups (broad SMARTS) is 1. The van der Waals surface area contributed by atoms with Crippen LogP contribution in [0.3, 0.4) is 0 Å². The van der Waals surface area contributed by atoms with Crippen LogP contribution in [0, 0.1) is 0 Å². The Hall–Kier alpha value is -1.10. The van der Waals surface area contributed by atoms with Crippen LogP contribution in [-0.4, -0.2) is 47.1 Å². The highest BCUT2D eigenvalue weighted by molar-refractivity contribution is 5.85. The van der Waals surface area contributed by atoms with Crippen LogP contribution in [-0.2, 0) is 9.59 Å². The lowest BCUT2D eigenvalue weighted by Crippen LogP contribution is -2.55. The van der Waals surface area contributed by atoms with E-state index in [1.165, 1.54) is 0 Å². The number of carbonyl (C=O) groups is 2. The van der Waals surface area contributed by atoms with E-state index in [9.17, 15) is 9.59 Å². The number of carboxylic acids is 1. The van der Waals surface area contributed by atoms with Gasteiger partial charge in [-0.1, -0.05) is 0 Å². The first kappa shape index (κ1) is 8.50. The molecule has 2 heterocycles. The van der Waals surface area contributed by atoms with Crippen molar-refractivity contribution in [3.8, 4) is 0 Å². The summed E-state index contributed by atoms with van der Waals surface area (Å²) in [5.74, 6) is -0.827. The van der Waals surface area contributed by atoms with E-state index >= 15 is 0 Å². The number of nitrogens with zero attached hydrogens (tertiary/aromatic N) is 1. The second-order valence-electron chi connectivity index (χ2n) is 3.48. The molecule has 2 fully saturated rings. The Balaban J connectivity index is 2.14. The lowest BCUT2D eigenvalue weighted by Gasteiger charge is -2.31. The van der Waals surface area contributed by atoms with Crippen LogP contribution in [0.2, 0.25) is 0 Å². The SMILES string of the molecule is O=C(O)C1CCC2C(=O)NCCN12. The lowest BCUT2D eigenvalue weighted by molar-refractivity contribution is -0.144. The van der Waals surface area contributed by atoms with E-state index in [1.54, 1.807) is 4.90 Å². The first-order chi connectivity index (χ1) is 6.20. The molecule has 1 amide bonds. The Bertz CT molecular complexity index is 248. The maximum atomic E-state index is 11.3. The maximum absolute atomic E-state index is 11.3. The smallest absolute Gasteiger partial charge is 0.320 e. The average molecular weight is 184 g/mol. The van der Waals surface area contributed by atoms with Crippen LogP contribution in [0.4, 0.5) is 0 Å². The fourth-order valence-corrected chi connectivity index (χ4v) is 2.15. The molecule has 5 heteroatoms. The number of piperazine rings is 1. The molecule has 0 aromatic heterocycles. The molecular formula is C8H12N2O3. The summed E-state index contributed by atoms with van der Waals surface area (Å²) < 4.78 is 0. The average Bonchev–Trinajstić information content (AvgIpc) is 2.48. The molecule has 0 bridgehead atoms. The van der Waals surface area contributed by atoms with Crippen molar-refractivity contribution in [1.82, 2.24) is 10.2 Å². The fraction of sp³-hybridized carbons (Fsp3) is 0.750. The molecule has 2 rings (SSSR count). The molecule has 2 atom stereocenters. The van der Waals surface area contributed by atoms with E-state index in [4.69, 9.17) is 5.11 Å². The van der Waals surface area contributed by atoms with Crippen LogP contribution in [0.25, 0.3) is 0 Å². The van der Waals surface area contributed by atoms with Gasteiger partial charge in [-0.2, -0.15) is 0 Å². The zero-order valence-corrected chi connectivity index (χ0v) is 7.19. The first-order valence-corrected chi connectivity index (χ1v) is 4.46. The number of amides is 1. The normalized spacial score (nSPS) is 34.0. The van der Waals surface area contributed by atoms with Gasteiger partial charge in [0.15, 0.2) is 0 Å². The van der Waals surface area contributed by atoms with Crippen LogP contribution in [0.15, 0.2) is 0 Å². The van der Waals surface area contributed by atoms with Gasteiger partial charge in [-0.15, -0.1) is 0 Å². The second kappa shape index (κ2) is 2.99. The summed E-state index contributed by atoms with van der Waals surface area (Å²) in [4.78, 5) is 23.9. The van der Waals surface area contributed by atoms with Gasteiger partial charge < -0.3 is 10.4 Å². The molecule has 0 radical (unpaired) electrons. The quantitative estimate of drug-likeness (QED) is 0.550. The highest BCUT2D eigenvalue weighted by Crippen LogP contribution is 2.25. The van der Waals surface area contributed by atoms with E-state index < -0.39 is 12.0 Å².